The fraction of sp³-hybridized carbons (Fsp3) is 0.231. The zero-order chi connectivity index (χ0) is 15.5. The van der Waals surface area contributed by atoms with Crippen LogP contribution in [0.4, 0.5) is 0 Å². The Morgan fingerprint density at radius 3 is 2.62 bits per heavy atom. The van der Waals surface area contributed by atoms with Gasteiger partial charge in [-0.05, 0) is 24.3 Å². The molecule has 114 valence electrons. The summed E-state index contributed by atoms with van der Waals surface area (Å²) in [5.41, 5.74) is 5.94. The highest BCUT2D eigenvalue weighted by Gasteiger charge is 2.20. The SMILES string of the molecule is NCc1c(Cl)ccc(S(=O)(=O)NCCc2ccco2)c1Cl. The van der Waals surface area contributed by atoms with Crippen molar-refractivity contribution in [2.24, 2.45) is 5.73 Å². The maximum atomic E-state index is 12.3. The van der Waals surface area contributed by atoms with Crippen molar-refractivity contribution in [2.75, 3.05) is 6.54 Å². The van der Waals surface area contributed by atoms with Gasteiger partial charge >= 0.3 is 0 Å². The molecular formula is C13H14Cl2N2O3S. The summed E-state index contributed by atoms with van der Waals surface area (Å²) in [5.74, 6) is 0.697. The van der Waals surface area contributed by atoms with E-state index < -0.39 is 10.0 Å². The summed E-state index contributed by atoms with van der Waals surface area (Å²) in [5, 5.41) is 0.396. The van der Waals surface area contributed by atoms with Crippen LogP contribution in [0.2, 0.25) is 10.0 Å². The van der Waals surface area contributed by atoms with Crippen LogP contribution in [0.5, 0.6) is 0 Å². The van der Waals surface area contributed by atoms with Crippen molar-refractivity contribution >= 4 is 33.2 Å². The second-order valence-corrected chi connectivity index (χ2v) is 6.79. The van der Waals surface area contributed by atoms with Crippen molar-refractivity contribution < 1.29 is 12.8 Å². The molecule has 0 amide bonds. The van der Waals surface area contributed by atoms with Gasteiger partial charge in [-0.3, -0.25) is 0 Å². The number of halogens is 2. The average Bonchev–Trinajstić information content (AvgIpc) is 2.92. The molecule has 0 radical (unpaired) electrons. The molecule has 21 heavy (non-hydrogen) atoms. The lowest BCUT2D eigenvalue weighted by Crippen LogP contribution is -2.26. The molecule has 0 aliphatic rings. The van der Waals surface area contributed by atoms with Crippen LogP contribution in [-0.4, -0.2) is 15.0 Å². The third kappa shape index (κ3) is 3.78. The van der Waals surface area contributed by atoms with Crippen molar-refractivity contribution in [1.29, 1.82) is 0 Å². The zero-order valence-corrected chi connectivity index (χ0v) is 13.3. The molecule has 0 atom stereocenters. The van der Waals surface area contributed by atoms with E-state index in [0.717, 1.165) is 0 Å². The lowest BCUT2D eigenvalue weighted by atomic mass is 10.2. The van der Waals surface area contributed by atoms with Crippen LogP contribution in [0, 0.1) is 0 Å². The molecule has 5 nitrogen and oxygen atoms in total. The number of benzene rings is 1. The Bertz CT molecular complexity index is 715. The molecule has 3 N–H and O–H groups in total. The Balaban J connectivity index is 2.16. The van der Waals surface area contributed by atoms with Gasteiger partial charge in [0.25, 0.3) is 0 Å². The lowest BCUT2D eigenvalue weighted by Gasteiger charge is -2.11. The van der Waals surface area contributed by atoms with Gasteiger partial charge in [-0.1, -0.05) is 23.2 Å². The summed E-state index contributed by atoms with van der Waals surface area (Å²) >= 11 is 12.0. The monoisotopic (exact) mass is 348 g/mol. The van der Waals surface area contributed by atoms with Crippen molar-refractivity contribution in [3.63, 3.8) is 0 Å². The van der Waals surface area contributed by atoms with E-state index in [4.69, 9.17) is 33.4 Å². The molecule has 0 aliphatic heterocycles. The summed E-state index contributed by atoms with van der Waals surface area (Å²) in [6.07, 6.45) is 1.98. The number of rotatable bonds is 6. The minimum atomic E-state index is -3.73. The first-order valence-corrected chi connectivity index (χ1v) is 8.38. The molecule has 1 aromatic carbocycles. The first kappa shape index (κ1) is 16.3. The van der Waals surface area contributed by atoms with Crippen LogP contribution in [0.3, 0.4) is 0 Å². The smallest absolute Gasteiger partial charge is 0.242 e. The quantitative estimate of drug-likeness (QED) is 0.839. The van der Waals surface area contributed by atoms with Crippen molar-refractivity contribution in [3.8, 4) is 0 Å². The second kappa shape index (κ2) is 6.81. The van der Waals surface area contributed by atoms with Gasteiger partial charge in [0.15, 0.2) is 0 Å². The van der Waals surface area contributed by atoms with E-state index in [1.807, 2.05) is 0 Å². The van der Waals surface area contributed by atoms with Gasteiger partial charge in [0, 0.05) is 30.1 Å². The van der Waals surface area contributed by atoms with E-state index in [-0.39, 0.29) is 23.0 Å². The minimum absolute atomic E-state index is 0.0338. The van der Waals surface area contributed by atoms with Gasteiger partial charge in [-0.25, -0.2) is 13.1 Å². The van der Waals surface area contributed by atoms with Crippen LogP contribution >= 0.6 is 23.2 Å². The number of furan rings is 1. The van der Waals surface area contributed by atoms with Crippen LogP contribution in [-0.2, 0) is 23.0 Å². The van der Waals surface area contributed by atoms with Crippen molar-refractivity contribution in [2.45, 2.75) is 17.9 Å². The summed E-state index contributed by atoms with van der Waals surface area (Å²) in [7, 11) is -3.73. The van der Waals surface area contributed by atoms with E-state index >= 15 is 0 Å². The van der Waals surface area contributed by atoms with E-state index in [2.05, 4.69) is 4.72 Å². The van der Waals surface area contributed by atoms with Crippen LogP contribution in [0.25, 0.3) is 0 Å². The molecule has 0 bridgehead atoms. The van der Waals surface area contributed by atoms with Crippen LogP contribution < -0.4 is 10.5 Å². The molecule has 0 saturated carbocycles. The van der Waals surface area contributed by atoms with E-state index in [1.54, 1.807) is 12.1 Å². The predicted molar refractivity (Wildman–Crippen MR) is 82.0 cm³/mol. The lowest BCUT2D eigenvalue weighted by molar-refractivity contribution is 0.506. The molecule has 0 unspecified atom stereocenters. The Morgan fingerprint density at radius 2 is 2.00 bits per heavy atom. The van der Waals surface area contributed by atoms with Crippen molar-refractivity contribution in [3.05, 3.63) is 51.9 Å². The molecule has 0 spiro atoms. The third-order valence-corrected chi connectivity index (χ3v) is 5.29. The Hall–Kier alpha value is -1.05. The fourth-order valence-corrected chi connectivity index (χ4v) is 3.77. The van der Waals surface area contributed by atoms with Gasteiger partial charge in [-0.2, -0.15) is 0 Å². The average molecular weight is 349 g/mol. The number of hydrogen-bond acceptors (Lipinski definition) is 4. The van der Waals surface area contributed by atoms with Gasteiger partial charge in [0.1, 0.15) is 10.7 Å². The first-order chi connectivity index (χ1) is 9.95. The summed E-state index contributed by atoms with van der Waals surface area (Å²) in [6.45, 7) is 0.264. The normalized spacial score (nSPS) is 11.8. The Kier molecular flexibility index (Phi) is 5.29. The summed E-state index contributed by atoms with van der Waals surface area (Å²) < 4.78 is 32.1. The van der Waals surface area contributed by atoms with Crippen LogP contribution in [0.15, 0.2) is 39.8 Å². The van der Waals surface area contributed by atoms with E-state index in [9.17, 15) is 8.42 Å². The van der Waals surface area contributed by atoms with E-state index in [1.165, 1.54) is 18.4 Å². The minimum Gasteiger partial charge on any atom is -0.469 e. The molecule has 8 heteroatoms. The zero-order valence-electron chi connectivity index (χ0n) is 11.0. The third-order valence-electron chi connectivity index (χ3n) is 2.89. The summed E-state index contributed by atoms with van der Waals surface area (Å²) in [4.78, 5) is -0.0338. The number of sulfonamides is 1. The number of nitrogens with two attached hydrogens (primary N) is 1. The summed E-state index contributed by atoms with van der Waals surface area (Å²) in [6, 6.07) is 6.35. The highest BCUT2D eigenvalue weighted by Crippen LogP contribution is 2.30. The van der Waals surface area contributed by atoms with Gasteiger partial charge < -0.3 is 10.2 Å². The highest BCUT2D eigenvalue weighted by molar-refractivity contribution is 7.89. The van der Waals surface area contributed by atoms with Gasteiger partial charge in [-0.15, -0.1) is 0 Å². The topological polar surface area (TPSA) is 85.3 Å². The molecule has 0 fully saturated rings. The number of nitrogens with one attached hydrogen (secondary N) is 1. The van der Waals surface area contributed by atoms with E-state index in [0.29, 0.717) is 22.8 Å². The van der Waals surface area contributed by atoms with Gasteiger partial charge in [0.2, 0.25) is 10.0 Å². The molecule has 0 saturated heterocycles. The van der Waals surface area contributed by atoms with Gasteiger partial charge in [0.05, 0.1) is 11.3 Å². The molecule has 0 aliphatic carbocycles. The standard InChI is InChI=1S/C13H14Cl2N2O3S/c14-11-3-4-12(13(15)10(11)8-16)21(18,19)17-6-5-9-2-1-7-20-9/h1-4,7,17H,5-6,8,16H2. The Labute approximate surface area is 133 Å². The Morgan fingerprint density at radius 1 is 1.24 bits per heavy atom. The molecule has 1 heterocycles. The second-order valence-electron chi connectivity index (χ2n) is 4.27. The molecule has 1 aromatic heterocycles. The highest BCUT2D eigenvalue weighted by atomic mass is 35.5. The van der Waals surface area contributed by atoms with Crippen LogP contribution in [0.1, 0.15) is 11.3 Å². The largest absolute Gasteiger partial charge is 0.469 e. The maximum Gasteiger partial charge on any atom is 0.242 e. The molecular weight excluding hydrogens is 335 g/mol. The maximum absolute atomic E-state index is 12.3. The number of hydrogen-bond donors (Lipinski definition) is 2. The predicted octanol–water partition coefficient (Wildman–Crippen LogP) is 2.57. The first-order valence-electron chi connectivity index (χ1n) is 6.14. The molecule has 2 rings (SSSR count). The molecule has 2 aromatic rings. The van der Waals surface area contributed by atoms with Crippen molar-refractivity contribution in [1.82, 2.24) is 4.72 Å². The fourth-order valence-electron chi connectivity index (χ4n) is 1.81.